The van der Waals surface area contributed by atoms with Crippen molar-refractivity contribution in [2.75, 3.05) is 25.0 Å². The van der Waals surface area contributed by atoms with E-state index in [0.717, 1.165) is 51.6 Å². The van der Waals surface area contributed by atoms with Crippen LogP contribution in [0.4, 0.5) is 10.1 Å². The molecule has 0 spiro atoms. The molecule has 2 heterocycles. The number of fused-ring (bicyclic) bond motifs is 1. The minimum atomic E-state index is -0.943. The number of nitrogens with one attached hydrogen (secondary N) is 3. The molecule has 1 aromatic heterocycles. The molecule has 0 unspecified atom stereocenters. The van der Waals surface area contributed by atoms with Crippen LogP contribution >= 0.6 is 0 Å². The van der Waals surface area contributed by atoms with Crippen molar-refractivity contribution in [3.8, 4) is 0 Å². The minimum Gasteiger partial charge on any atom is -0.481 e. The molecule has 8 nitrogen and oxygen atoms in total. The summed E-state index contributed by atoms with van der Waals surface area (Å²) in [6.07, 6.45) is 8.90. The number of benzene rings is 1. The zero-order valence-corrected chi connectivity index (χ0v) is 19.4. The number of piperidine rings is 1. The van der Waals surface area contributed by atoms with E-state index in [1.54, 1.807) is 12.3 Å². The Bertz CT molecular complexity index is 1100. The number of pyridine rings is 1. The van der Waals surface area contributed by atoms with E-state index in [9.17, 15) is 14.4 Å². The maximum absolute atomic E-state index is 15.1. The first-order chi connectivity index (χ1) is 16.4. The Labute approximate surface area is 197 Å². The average molecular weight is 473 g/mol. The Morgan fingerprint density at radius 1 is 1.12 bits per heavy atom. The Morgan fingerprint density at radius 2 is 1.85 bits per heavy atom. The van der Waals surface area contributed by atoms with Gasteiger partial charge in [-0.3, -0.25) is 14.4 Å². The van der Waals surface area contributed by atoms with Crippen LogP contribution in [0.3, 0.4) is 0 Å². The molecule has 9 heteroatoms. The SMILES string of the molecule is O=C(O)CCCNC(=O)c1cn(C2CCNCC2)c2cc(NC3CCCCC3)c(F)cc2c1=O. The number of aliphatic carboxylic acids is 1. The van der Waals surface area contributed by atoms with Crippen LogP contribution in [0.25, 0.3) is 10.9 Å². The molecule has 34 heavy (non-hydrogen) atoms. The van der Waals surface area contributed by atoms with E-state index < -0.39 is 23.1 Å². The molecule has 1 aromatic carbocycles. The zero-order chi connectivity index (χ0) is 24.1. The topological polar surface area (TPSA) is 112 Å². The van der Waals surface area contributed by atoms with Gasteiger partial charge in [0.25, 0.3) is 5.91 Å². The lowest BCUT2D eigenvalue weighted by Crippen LogP contribution is -2.33. The highest BCUT2D eigenvalue weighted by Gasteiger charge is 2.23. The van der Waals surface area contributed by atoms with Crippen LogP contribution in [0.1, 0.15) is 74.2 Å². The number of halogens is 1. The molecule has 2 fully saturated rings. The second kappa shape index (κ2) is 11.0. The van der Waals surface area contributed by atoms with E-state index in [4.69, 9.17) is 5.11 Å². The van der Waals surface area contributed by atoms with Crippen LogP contribution in [-0.4, -0.2) is 47.2 Å². The monoisotopic (exact) mass is 472 g/mol. The van der Waals surface area contributed by atoms with Crippen molar-refractivity contribution in [1.82, 2.24) is 15.2 Å². The van der Waals surface area contributed by atoms with Crippen molar-refractivity contribution in [1.29, 1.82) is 0 Å². The third-order valence-electron chi connectivity index (χ3n) is 6.89. The molecule has 0 atom stereocenters. The van der Waals surface area contributed by atoms with Crippen LogP contribution in [0.5, 0.6) is 0 Å². The molecule has 1 saturated carbocycles. The summed E-state index contributed by atoms with van der Waals surface area (Å²) in [6, 6.07) is 3.27. The highest BCUT2D eigenvalue weighted by Crippen LogP contribution is 2.29. The lowest BCUT2D eigenvalue weighted by atomic mass is 9.95. The molecule has 4 rings (SSSR count). The van der Waals surface area contributed by atoms with E-state index in [2.05, 4.69) is 16.0 Å². The normalized spacial score (nSPS) is 17.6. The van der Waals surface area contributed by atoms with Gasteiger partial charge in [0.2, 0.25) is 5.43 Å². The van der Waals surface area contributed by atoms with Gasteiger partial charge in [0.05, 0.1) is 11.2 Å². The average Bonchev–Trinajstić information content (AvgIpc) is 2.84. The lowest BCUT2D eigenvalue weighted by Gasteiger charge is -2.28. The second-order valence-corrected chi connectivity index (χ2v) is 9.34. The number of amides is 1. The van der Waals surface area contributed by atoms with Gasteiger partial charge < -0.3 is 25.6 Å². The van der Waals surface area contributed by atoms with Crippen LogP contribution in [0, 0.1) is 5.82 Å². The van der Waals surface area contributed by atoms with E-state index in [-0.39, 0.29) is 42.4 Å². The van der Waals surface area contributed by atoms with Gasteiger partial charge in [-0.1, -0.05) is 19.3 Å². The van der Waals surface area contributed by atoms with Crippen molar-refractivity contribution in [3.05, 3.63) is 39.9 Å². The number of hydrogen-bond acceptors (Lipinski definition) is 5. The third kappa shape index (κ3) is 5.58. The summed E-state index contributed by atoms with van der Waals surface area (Å²) >= 11 is 0. The van der Waals surface area contributed by atoms with E-state index in [1.165, 1.54) is 12.5 Å². The largest absolute Gasteiger partial charge is 0.481 e. The molecule has 4 N–H and O–H groups in total. The van der Waals surface area contributed by atoms with Gasteiger partial charge >= 0.3 is 5.97 Å². The summed E-state index contributed by atoms with van der Waals surface area (Å²) in [5.74, 6) is -2.00. The summed E-state index contributed by atoms with van der Waals surface area (Å²) < 4.78 is 17.1. The highest BCUT2D eigenvalue weighted by atomic mass is 19.1. The summed E-state index contributed by atoms with van der Waals surface area (Å²) in [6.45, 7) is 1.79. The number of hydrogen-bond donors (Lipinski definition) is 4. The van der Waals surface area contributed by atoms with Crippen LogP contribution < -0.4 is 21.4 Å². The zero-order valence-electron chi connectivity index (χ0n) is 19.4. The maximum atomic E-state index is 15.1. The van der Waals surface area contributed by atoms with Crippen molar-refractivity contribution < 1.29 is 19.1 Å². The van der Waals surface area contributed by atoms with Gasteiger partial charge in [-0.25, -0.2) is 4.39 Å². The van der Waals surface area contributed by atoms with Gasteiger partial charge in [-0.15, -0.1) is 0 Å². The fraction of sp³-hybridized carbons (Fsp3) is 0.560. The van der Waals surface area contributed by atoms with Crippen LogP contribution in [0.2, 0.25) is 0 Å². The fourth-order valence-electron chi connectivity index (χ4n) is 5.03. The number of carboxylic acid groups (broad SMARTS) is 1. The first-order valence-electron chi connectivity index (χ1n) is 12.3. The van der Waals surface area contributed by atoms with Crippen LogP contribution in [0.15, 0.2) is 23.1 Å². The molecule has 184 valence electrons. The number of aromatic nitrogens is 1. The Hall–Kier alpha value is -2.94. The highest BCUT2D eigenvalue weighted by molar-refractivity contribution is 5.97. The Kier molecular flexibility index (Phi) is 7.82. The summed E-state index contributed by atoms with van der Waals surface area (Å²) in [7, 11) is 0. The lowest BCUT2D eigenvalue weighted by molar-refractivity contribution is -0.137. The second-order valence-electron chi connectivity index (χ2n) is 9.34. The molecule has 2 aliphatic rings. The van der Waals surface area contributed by atoms with Gasteiger partial charge in [-0.05, 0) is 57.3 Å². The smallest absolute Gasteiger partial charge is 0.303 e. The number of carbonyl (C=O) groups excluding carboxylic acids is 1. The molecule has 1 saturated heterocycles. The molecule has 0 bridgehead atoms. The van der Waals surface area contributed by atoms with E-state index >= 15 is 4.39 Å². The molecule has 1 aliphatic heterocycles. The van der Waals surface area contributed by atoms with Crippen molar-refractivity contribution in [3.63, 3.8) is 0 Å². The molecular formula is C25H33FN4O4. The van der Waals surface area contributed by atoms with Crippen molar-refractivity contribution in [2.24, 2.45) is 0 Å². The minimum absolute atomic E-state index is 0.0475. The number of carbonyl (C=O) groups is 2. The fourth-order valence-corrected chi connectivity index (χ4v) is 5.03. The molecule has 0 radical (unpaired) electrons. The predicted octanol–water partition coefficient (Wildman–Crippen LogP) is 3.40. The third-order valence-corrected chi connectivity index (χ3v) is 6.89. The molecule has 2 aromatic rings. The Morgan fingerprint density at radius 3 is 2.56 bits per heavy atom. The number of nitrogens with zero attached hydrogens (tertiary/aromatic N) is 1. The molecule has 1 amide bonds. The Balaban J connectivity index is 1.70. The number of rotatable bonds is 8. The van der Waals surface area contributed by atoms with Crippen LogP contribution in [-0.2, 0) is 4.79 Å². The predicted molar refractivity (Wildman–Crippen MR) is 129 cm³/mol. The first kappa shape index (κ1) is 24.2. The number of carboxylic acids is 1. The van der Waals surface area contributed by atoms with Gasteiger partial charge in [0, 0.05) is 36.6 Å². The standard InChI is InChI=1S/C25H33FN4O4/c26-20-13-18-22(14-21(20)29-16-5-2-1-3-6-16)30(17-8-11-27-12-9-17)15-19(24(18)33)25(34)28-10-4-7-23(31)32/h13-17,27,29H,1-12H2,(H,28,34)(H,31,32). The number of anilines is 1. The van der Waals surface area contributed by atoms with E-state index in [0.29, 0.717) is 11.2 Å². The summed E-state index contributed by atoms with van der Waals surface area (Å²) in [5.41, 5.74) is 0.458. The van der Waals surface area contributed by atoms with Gasteiger partial charge in [0.15, 0.2) is 0 Å². The molecular weight excluding hydrogens is 439 g/mol. The molecule has 1 aliphatic carbocycles. The van der Waals surface area contributed by atoms with Crippen molar-refractivity contribution >= 4 is 28.5 Å². The quantitative estimate of drug-likeness (QED) is 0.438. The first-order valence-corrected chi connectivity index (χ1v) is 12.3. The van der Waals surface area contributed by atoms with Crippen molar-refractivity contribution in [2.45, 2.75) is 69.9 Å². The summed E-state index contributed by atoms with van der Waals surface area (Å²) in [4.78, 5) is 36.8. The maximum Gasteiger partial charge on any atom is 0.303 e. The van der Waals surface area contributed by atoms with Gasteiger partial charge in [0.1, 0.15) is 11.4 Å². The van der Waals surface area contributed by atoms with E-state index in [1.807, 2.05) is 4.57 Å². The van der Waals surface area contributed by atoms with Gasteiger partial charge in [-0.2, -0.15) is 0 Å². The summed E-state index contributed by atoms with van der Waals surface area (Å²) in [5, 5.41) is 18.3.